The molecule has 1 aromatic rings. The van der Waals surface area contributed by atoms with Gasteiger partial charge in [0.2, 0.25) is 0 Å². The van der Waals surface area contributed by atoms with Crippen molar-refractivity contribution >= 4 is 24.5 Å². The summed E-state index contributed by atoms with van der Waals surface area (Å²) < 4.78 is 11.9. The molecule has 108 valence electrons. The molecule has 0 aromatic carbocycles. The van der Waals surface area contributed by atoms with E-state index in [-0.39, 0.29) is 5.82 Å². The minimum Gasteiger partial charge on any atom is -0.465 e. The van der Waals surface area contributed by atoms with Crippen molar-refractivity contribution in [2.45, 2.75) is 45.8 Å². The van der Waals surface area contributed by atoms with Gasteiger partial charge in [0.25, 0.3) is 0 Å². The van der Waals surface area contributed by atoms with Crippen molar-refractivity contribution in [1.29, 1.82) is 0 Å². The van der Waals surface area contributed by atoms with Crippen molar-refractivity contribution in [2.75, 3.05) is 5.32 Å². The molecular formula is C13H19BN2O4. The zero-order valence-electron chi connectivity index (χ0n) is 12.4. The lowest BCUT2D eigenvalue weighted by atomic mass is 9.78. The number of carboxylic acid groups (broad SMARTS) is 1. The molecule has 0 aliphatic carbocycles. The lowest BCUT2D eigenvalue weighted by Crippen LogP contribution is -2.41. The molecule has 0 saturated carbocycles. The van der Waals surface area contributed by atoms with Gasteiger partial charge in [0.05, 0.1) is 11.2 Å². The number of carbonyl (C=O) groups is 1. The molecule has 0 atom stereocenters. The van der Waals surface area contributed by atoms with E-state index >= 15 is 0 Å². The van der Waals surface area contributed by atoms with Crippen LogP contribution in [0.4, 0.5) is 10.6 Å². The van der Waals surface area contributed by atoms with E-state index in [1.165, 1.54) is 0 Å². The van der Waals surface area contributed by atoms with E-state index in [0.29, 0.717) is 5.69 Å². The number of amides is 1. The number of anilines is 1. The first-order valence-electron chi connectivity index (χ1n) is 6.45. The summed E-state index contributed by atoms with van der Waals surface area (Å²) in [4.78, 5) is 14.8. The van der Waals surface area contributed by atoms with Gasteiger partial charge in [-0.2, -0.15) is 0 Å². The second-order valence-corrected chi connectivity index (χ2v) is 5.89. The first kappa shape index (κ1) is 14.8. The van der Waals surface area contributed by atoms with Crippen LogP contribution in [0.15, 0.2) is 12.1 Å². The maximum atomic E-state index is 10.6. The van der Waals surface area contributed by atoms with Gasteiger partial charge in [-0.15, -0.1) is 0 Å². The maximum Gasteiger partial charge on any atom is 0.496 e. The molecule has 2 rings (SSSR count). The van der Waals surface area contributed by atoms with Crippen LogP contribution in [0.1, 0.15) is 33.4 Å². The summed E-state index contributed by atoms with van der Waals surface area (Å²) in [6, 6.07) is 3.37. The number of hydrogen-bond donors (Lipinski definition) is 2. The quantitative estimate of drug-likeness (QED) is 0.806. The minimum absolute atomic E-state index is 0.287. The van der Waals surface area contributed by atoms with E-state index < -0.39 is 24.4 Å². The Bertz CT molecular complexity index is 529. The molecule has 1 aliphatic heterocycles. The average molecular weight is 278 g/mol. The number of pyridine rings is 1. The molecule has 1 fully saturated rings. The van der Waals surface area contributed by atoms with Gasteiger partial charge in [0, 0.05) is 11.2 Å². The third-order valence-electron chi connectivity index (χ3n) is 3.87. The number of aryl methyl sites for hydroxylation is 1. The molecule has 7 heteroatoms. The number of rotatable bonds is 2. The molecule has 1 saturated heterocycles. The first-order valence-corrected chi connectivity index (χ1v) is 6.45. The summed E-state index contributed by atoms with van der Waals surface area (Å²) in [5.74, 6) is 0.287. The third-order valence-corrected chi connectivity index (χ3v) is 3.87. The molecule has 20 heavy (non-hydrogen) atoms. The molecule has 0 bridgehead atoms. The zero-order chi connectivity index (χ0) is 15.1. The van der Waals surface area contributed by atoms with Crippen molar-refractivity contribution in [1.82, 2.24) is 4.98 Å². The van der Waals surface area contributed by atoms with Gasteiger partial charge in [-0.25, -0.2) is 9.78 Å². The van der Waals surface area contributed by atoms with Gasteiger partial charge in [0.15, 0.2) is 0 Å². The fourth-order valence-electron chi connectivity index (χ4n) is 1.97. The normalized spacial score (nSPS) is 19.9. The Kier molecular flexibility index (Phi) is 3.52. The van der Waals surface area contributed by atoms with E-state index in [0.717, 1.165) is 5.46 Å². The standard InChI is InChI=1S/C13H19BN2O4/c1-8-9(6-7-10(15-8)16-11(17)18)14-19-12(2,3)13(4,5)20-14/h6-7H,1-5H3,(H,15,16)(H,17,18). The number of nitrogens with one attached hydrogen (secondary N) is 1. The third kappa shape index (κ3) is 2.64. The Hall–Kier alpha value is -1.60. The van der Waals surface area contributed by atoms with Crippen LogP contribution >= 0.6 is 0 Å². The highest BCUT2D eigenvalue weighted by molar-refractivity contribution is 6.62. The van der Waals surface area contributed by atoms with E-state index in [1.807, 2.05) is 27.7 Å². The number of nitrogens with zero attached hydrogens (tertiary/aromatic N) is 1. The molecule has 0 unspecified atom stereocenters. The fourth-order valence-corrected chi connectivity index (χ4v) is 1.97. The van der Waals surface area contributed by atoms with Crippen molar-refractivity contribution in [3.05, 3.63) is 17.8 Å². The Balaban J connectivity index is 2.25. The van der Waals surface area contributed by atoms with Crippen LogP contribution < -0.4 is 10.8 Å². The molecule has 1 aromatic heterocycles. The van der Waals surface area contributed by atoms with Crippen LogP contribution in [0.5, 0.6) is 0 Å². The van der Waals surface area contributed by atoms with Gasteiger partial charge in [0.1, 0.15) is 5.82 Å². The zero-order valence-corrected chi connectivity index (χ0v) is 12.4. The second-order valence-electron chi connectivity index (χ2n) is 5.89. The topological polar surface area (TPSA) is 80.7 Å². The van der Waals surface area contributed by atoms with E-state index in [4.69, 9.17) is 14.4 Å². The molecule has 6 nitrogen and oxygen atoms in total. The predicted molar refractivity (Wildman–Crippen MR) is 76.3 cm³/mol. The highest BCUT2D eigenvalue weighted by Gasteiger charge is 2.52. The van der Waals surface area contributed by atoms with Gasteiger partial charge in [-0.1, -0.05) is 6.07 Å². The summed E-state index contributed by atoms with van der Waals surface area (Å²) >= 11 is 0. The van der Waals surface area contributed by atoms with Crippen molar-refractivity contribution in [2.24, 2.45) is 0 Å². The van der Waals surface area contributed by atoms with Crippen molar-refractivity contribution in [3.8, 4) is 0 Å². The van der Waals surface area contributed by atoms with Crippen molar-refractivity contribution < 1.29 is 19.2 Å². The maximum absolute atomic E-state index is 10.6. The van der Waals surface area contributed by atoms with Crippen LogP contribution in [-0.2, 0) is 9.31 Å². The highest BCUT2D eigenvalue weighted by atomic mass is 16.7. The molecule has 1 aliphatic rings. The Morgan fingerprint density at radius 3 is 2.25 bits per heavy atom. The second kappa shape index (κ2) is 4.75. The summed E-state index contributed by atoms with van der Waals surface area (Å²) in [6.07, 6.45) is -1.14. The van der Waals surface area contributed by atoms with Crippen LogP contribution in [0.2, 0.25) is 0 Å². The smallest absolute Gasteiger partial charge is 0.465 e. The monoisotopic (exact) mass is 278 g/mol. The number of hydrogen-bond acceptors (Lipinski definition) is 4. The molecular weight excluding hydrogens is 259 g/mol. The summed E-state index contributed by atoms with van der Waals surface area (Å²) in [6.45, 7) is 9.73. The number of aromatic nitrogens is 1. The van der Waals surface area contributed by atoms with Crippen LogP contribution in [-0.4, -0.2) is 34.5 Å². The fraction of sp³-hybridized carbons (Fsp3) is 0.538. The van der Waals surface area contributed by atoms with E-state index in [2.05, 4.69) is 10.3 Å². The SMILES string of the molecule is Cc1nc(NC(=O)O)ccc1B1OC(C)(C)C(C)(C)O1. The van der Waals surface area contributed by atoms with E-state index in [9.17, 15) is 4.79 Å². The van der Waals surface area contributed by atoms with Crippen LogP contribution in [0, 0.1) is 6.92 Å². The van der Waals surface area contributed by atoms with Crippen LogP contribution in [0.25, 0.3) is 0 Å². The minimum atomic E-state index is -1.14. The summed E-state index contributed by atoms with van der Waals surface area (Å²) in [5.41, 5.74) is 0.652. The molecule has 0 spiro atoms. The molecule has 0 radical (unpaired) electrons. The highest BCUT2D eigenvalue weighted by Crippen LogP contribution is 2.36. The lowest BCUT2D eigenvalue weighted by molar-refractivity contribution is 0.00578. The van der Waals surface area contributed by atoms with Gasteiger partial charge < -0.3 is 14.4 Å². The van der Waals surface area contributed by atoms with Gasteiger partial charge >= 0.3 is 13.2 Å². The molecule has 2 heterocycles. The van der Waals surface area contributed by atoms with Crippen molar-refractivity contribution in [3.63, 3.8) is 0 Å². The molecule has 2 N–H and O–H groups in total. The largest absolute Gasteiger partial charge is 0.496 e. The Morgan fingerprint density at radius 2 is 1.80 bits per heavy atom. The Labute approximate surface area is 118 Å². The van der Waals surface area contributed by atoms with Gasteiger partial charge in [-0.05, 0) is 40.7 Å². The first-order chi connectivity index (χ1) is 9.12. The predicted octanol–water partition coefficient (Wildman–Crippen LogP) is 1.78. The summed E-state index contributed by atoms with van der Waals surface area (Å²) in [5, 5.41) is 10.9. The van der Waals surface area contributed by atoms with Gasteiger partial charge in [-0.3, -0.25) is 5.32 Å². The van der Waals surface area contributed by atoms with E-state index in [1.54, 1.807) is 19.1 Å². The Morgan fingerprint density at radius 1 is 1.25 bits per heavy atom. The van der Waals surface area contributed by atoms with Crippen LogP contribution in [0.3, 0.4) is 0 Å². The lowest BCUT2D eigenvalue weighted by Gasteiger charge is -2.32. The molecule has 1 amide bonds. The average Bonchev–Trinajstić information content (AvgIpc) is 2.46. The summed E-state index contributed by atoms with van der Waals surface area (Å²) in [7, 11) is -0.494.